The zero-order chi connectivity index (χ0) is 14.9. The molecular formula is C15H21N3O2S. The van der Waals surface area contributed by atoms with Gasteiger partial charge in [-0.15, -0.1) is 11.3 Å². The molecule has 3 atom stereocenters. The van der Waals surface area contributed by atoms with Gasteiger partial charge in [0.05, 0.1) is 6.10 Å². The fourth-order valence-corrected chi connectivity index (χ4v) is 3.51. The fourth-order valence-electron chi connectivity index (χ4n) is 2.71. The topological polar surface area (TPSA) is 59.3 Å². The van der Waals surface area contributed by atoms with Crippen molar-refractivity contribution in [3.8, 4) is 0 Å². The molecule has 0 aliphatic carbocycles. The van der Waals surface area contributed by atoms with Crippen LogP contribution in [0.5, 0.6) is 0 Å². The lowest BCUT2D eigenvalue weighted by atomic mass is 9.96. The van der Waals surface area contributed by atoms with Crippen LogP contribution in [0.15, 0.2) is 29.9 Å². The molecule has 1 fully saturated rings. The summed E-state index contributed by atoms with van der Waals surface area (Å²) in [7, 11) is 1.99. The molecule has 1 aliphatic heterocycles. The Morgan fingerprint density at radius 2 is 2.52 bits per heavy atom. The molecule has 2 aromatic rings. The Balaban J connectivity index is 1.79. The van der Waals surface area contributed by atoms with Gasteiger partial charge in [-0.2, -0.15) is 0 Å². The third-order valence-electron chi connectivity index (χ3n) is 4.22. The second kappa shape index (κ2) is 5.88. The summed E-state index contributed by atoms with van der Waals surface area (Å²) in [5.74, 6) is 0.951. The first-order chi connectivity index (χ1) is 10.1. The fraction of sp³-hybridized carbons (Fsp3) is 0.533. The molecule has 3 rings (SSSR count). The number of nitrogens with zero attached hydrogens (tertiary/aromatic N) is 2. The van der Waals surface area contributed by atoms with E-state index in [1.54, 1.807) is 17.5 Å². The van der Waals surface area contributed by atoms with E-state index in [-0.39, 0.29) is 12.1 Å². The standard InChI is InChI=1S/C15H21N3O2S/c1-11-15(19,5-8-20-11)10-17-13(12-4-3-9-21-12)14-16-6-7-18(14)2/h3-4,6-7,9,11,13,17,19H,5,8,10H2,1-2H3. The molecule has 0 aromatic carbocycles. The van der Waals surface area contributed by atoms with E-state index in [0.717, 1.165) is 5.82 Å². The average Bonchev–Trinajstić information content (AvgIpc) is 3.17. The van der Waals surface area contributed by atoms with Crippen LogP contribution in [-0.4, -0.2) is 39.5 Å². The molecule has 6 heteroatoms. The number of aromatic nitrogens is 2. The highest BCUT2D eigenvalue weighted by atomic mass is 32.1. The predicted octanol–water partition coefficient (Wildman–Crippen LogP) is 1.70. The van der Waals surface area contributed by atoms with E-state index in [2.05, 4.69) is 21.7 Å². The molecule has 0 spiro atoms. The third-order valence-corrected chi connectivity index (χ3v) is 5.15. The molecule has 0 bridgehead atoms. The van der Waals surface area contributed by atoms with Gasteiger partial charge < -0.3 is 19.7 Å². The summed E-state index contributed by atoms with van der Waals surface area (Å²) in [6, 6.07) is 4.12. The van der Waals surface area contributed by atoms with Crippen molar-refractivity contribution in [3.63, 3.8) is 0 Å². The predicted molar refractivity (Wildman–Crippen MR) is 82.4 cm³/mol. The van der Waals surface area contributed by atoms with E-state index in [4.69, 9.17) is 4.74 Å². The molecular weight excluding hydrogens is 286 g/mol. The largest absolute Gasteiger partial charge is 0.386 e. The van der Waals surface area contributed by atoms with Crippen molar-refractivity contribution in [1.29, 1.82) is 0 Å². The Kier molecular flexibility index (Phi) is 4.12. The quantitative estimate of drug-likeness (QED) is 0.883. The number of aliphatic hydroxyl groups is 1. The van der Waals surface area contributed by atoms with Gasteiger partial charge in [-0.1, -0.05) is 6.07 Å². The van der Waals surface area contributed by atoms with E-state index in [1.165, 1.54) is 4.88 Å². The molecule has 3 heterocycles. The van der Waals surface area contributed by atoms with Crippen LogP contribution >= 0.6 is 11.3 Å². The number of nitrogens with one attached hydrogen (secondary N) is 1. The van der Waals surface area contributed by atoms with Crippen LogP contribution in [0.2, 0.25) is 0 Å². The van der Waals surface area contributed by atoms with Gasteiger partial charge in [0.15, 0.2) is 0 Å². The number of thiophene rings is 1. The molecule has 2 aromatic heterocycles. The summed E-state index contributed by atoms with van der Waals surface area (Å²) in [5.41, 5.74) is -0.805. The van der Waals surface area contributed by atoms with Crippen molar-refractivity contribution < 1.29 is 9.84 Å². The number of hydrogen-bond acceptors (Lipinski definition) is 5. The lowest BCUT2D eigenvalue weighted by Gasteiger charge is -2.29. The van der Waals surface area contributed by atoms with Gasteiger partial charge in [-0.25, -0.2) is 4.98 Å². The summed E-state index contributed by atoms with van der Waals surface area (Å²) in [6.45, 7) is 3.03. The Labute approximate surface area is 128 Å². The van der Waals surface area contributed by atoms with Crippen molar-refractivity contribution in [2.45, 2.75) is 31.1 Å². The van der Waals surface area contributed by atoms with E-state index in [0.29, 0.717) is 19.6 Å². The smallest absolute Gasteiger partial charge is 0.131 e. The van der Waals surface area contributed by atoms with Gasteiger partial charge in [0.2, 0.25) is 0 Å². The van der Waals surface area contributed by atoms with Gasteiger partial charge in [0.25, 0.3) is 0 Å². The second-order valence-electron chi connectivity index (χ2n) is 5.59. The summed E-state index contributed by atoms with van der Waals surface area (Å²) in [4.78, 5) is 5.65. The SMILES string of the molecule is CC1OCCC1(O)CNC(c1cccs1)c1nccn1C. The molecule has 0 saturated carbocycles. The zero-order valence-electron chi connectivity index (χ0n) is 12.3. The number of rotatable bonds is 5. The van der Waals surface area contributed by atoms with Crippen LogP contribution in [0.25, 0.3) is 0 Å². The van der Waals surface area contributed by atoms with Crippen molar-refractivity contribution in [1.82, 2.24) is 14.9 Å². The molecule has 1 saturated heterocycles. The van der Waals surface area contributed by atoms with Gasteiger partial charge >= 0.3 is 0 Å². The Morgan fingerprint density at radius 3 is 3.10 bits per heavy atom. The maximum absolute atomic E-state index is 10.7. The molecule has 3 unspecified atom stereocenters. The molecule has 1 aliphatic rings. The number of imidazole rings is 1. The van der Waals surface area contributed by atoms with Crippen molar-refractivity contribution in [3.05, 3.63) is 40.6 Å². The minimum atomic E-state index is -0.805. The monoisotopic (exact) mass is 307 g/mol. The van der Waals surface area contributed by atoms with Crippen LogP contribution in [0.3, 0.4) is 0 Å². The van der Waals surface area contributed by atoms with Gasteiger partial charge in [0, 0.05) is 43.9 Å². The Hall–Kier alpha value is -1.21. The average molecular weight is 307 g/mol. The summed E-state index contributed by atoms with van der Waals surface area (Å²) in [5, 5.41) is 16.2. The van der Waals surface area contributed by atoms with Gasteiger partial charge in [0.1, 0.15) is 17.5 Å². The lowest BCUT2D eigenvalue weighted by Crippen LogP contribution is -2.47. The Bertz CT molecular complexity index is 584. The number of hydrogen-bond donors (Lipinski definition) is 2. The number of aryl methyl sites for hydroxylation is 1. The first kappa shape index (κ1) is 14.7. The highest BCUT2D eigenvalue weighted by Crippen LogP contribution is 2.28. The van der Waals surface area contributed by atoms with Crippen LogP contribution in [-0.2, 0) is 11.8 Å². The summed E-state index contributed by atoms with van der Waals surface area (Å²) < 4.78 is 7.51. The van der Waals surface area contributed by atoms with E-state index < -0.39 is 5.60 Å². The third kappa shape index (κ3) is 2.89. The maximum Gasteiger partial charge on any atom is 0.131 e. The van der Waals surface area contributed by atoms with E-state index in [1.807, 2.05) is 30.8 Å². The van der Waals surface area contributed by atoms with Crippen LogP contribution in [0, 0.1) is 0 Å². The normalized spacial score (nSPS) is 27.1. The molecule has 0 radical (unpaired) electrons. The van der Waals surface area contributed by atoms with Crippen LogP contribution in [0.1, 0.15) is 30.1 Å². The molecule has 21 heavy (non-hydrogen) atoms. The van der Waals surface area contributed by atoms with Crippen molar-refractivity contribution >= 4 is 11.3 Å². The highest BCUT2D eigenvalue weighted by Gasteiger charge is 2.40. The first-order valence-electron chi connectivity index (χ1n) is 7.18. The molecule has 0 amide bonds. The van der Waals surface area contributed by atoms with E-state index in [9.17, 15) is 5.11 Å². The zero-order valence-corrected chi connectivity index (χ0v) is 13.1. The Morgan fingerprint density at radius 1 is 1.67 bits per heavy atom. The first-order valence-corrected chi connectivity index (χ1v) is 8.06. The van der Waals surface area contributed by atoms with Gasteiger partial charge in [-0.3, -0.25) is 0 Å². The van der Waals surface area contributed by atoms with Gasteiger partial charge in [-0.05, 0) is 18.4 Å². The van der Waals surface area contributed by atoms with Crippen LogP contribution in [0.4, 0.5) is 0 Å². The highest BCUT2D eigenvalue weighted by molar-refractivity contribution is 7.10. The minimum absolute atomic E-state index is 0.0122. The molecule has 2 N–H and O–H groups in total. The van der Waals surface area contributed by atoms with Crippen molar-refractivity contribution in [2.75, 3.05) is 13.2 Å². The maximum atomic E-state index is 10.7. The second-order valence-corrected chi connectivity index (χ2v) is 6.57. The summed E-state index contributed by atoms with van der Waals surface area (Å²) >= 11 is 1.69. The molecule has 5 nitrogen and oxygen atoms in total. The number of ether oxygens (including phenoxy) is 1. The van der Waals surface area contributed by atoms with Crippen molar-refractivity contribution in [2.24, 2.45) is 7.05 Å². The molecule has 114 valence electrons. The summed E-state index contributed by atoms with van der Waals surface area (Å²) in [6.07, 6.45) is 4.26. The van der Waals surface area contributed by atoms with E-state index >= 15 is 0 Å². The lowest BCUT2D eigenvalue weighted by molar-refractivity contribution is -0.0272. The minimum Gasteiger partial charge on any atom is -0.386 e. The van der Waals surface area contributed by atoms with Crippen LogP contribution < -0.4 is 5.32 Å².